The lowest BCUT2D eigenvalue weighted by Crippen LogP contribution is -2.50. The number of hydrogen-bond donors (Lipinski definition) is 1. The molecule has 2 aromatic carbocycles. The number of benzene rings is 2. The highest BCUT2D eigenvalue weighted by atomic mass is 35.5. The molecule has 1 saturated heterocycles. The molecule has 0 bridgehead atoms. The third kappa shape index (κ3) is 4.47. The molecular weight excluding hydrogens is 379 g/mol. The van der Waals surface area contributed by atoms with Crippen molar-refractivity contribution in [1.82, 2.24) is 4.90 Å². The normalized spacial score (nSPS) is 15.0. The summed E-state index contributed by atoms with van der Waals surface area (Å²) in [5.41, 5.74) is 1.64. The van der Waals surface area contributed by atoms with Gasteiger partial charge >= 0.3 is 12.2 Å². The predicted molar refractivity (Wildman–Crippen MR) is 100 cm³/mol. The molecule has 27 heavy (non-hydrogen) atoms. The van der Waals surface area contributed by atoms with Gasteiger partial charge in [0.25, 0.3) is 0 Å². The van der Waals surface area contributed by atoms with E-state index in [1.807, 2.05) is 25.1 Å². The summed E-state index contributed by atoms with van der Waals surface area (Å²) in [5.74, 6) is 0. The summed E-state index contributed by atoms with van der Waals surface area (Å²) < 4.78 is 37.8. The first kappa shape index (κ1) is 19.4. The van der Waals surface area contributed by atoms with E-state index >= 15 is 0 Å². The van der Waals surface area contributed by atoms with Crippen molar-refractivity contribution in [3.8, 4) is 0 Å². The van der Waals surface area contributed by atoms with Gasteiger partial charge in [0.15, 0.2) is 0 Å². The van der Waals surface area contributed by atoms with Crippen LogP contribution in [0.25, 0.3) is 0 Å². The molecule has 2 aromatic rings. The molecule has 0 unspecified atom stereocenters. The molecule has 1 N–H and O–H groups in total. The molecule has 0 saturated carbocycles. The van der Waals surface area contributed by atoms with E-state index in [0.29, 0.717) is 36.9 Å². The minimum Gasteiger partial charge on any atom is -0.368 e. The van der Waals surface area contributed by atoms with Crippen molar-refractivity contribution >= 4 is 29.0 Å². The van der Waals surface area contributed by atoms with Crippen LogP contribution in [0.3, 0.4) is 0 Å². The molecule has 2 amide bonds. The molecule has 0 spiro atoms. The first-order valence-corrected chi connectivity index (χ1v) is 8.87. The SMILES string of the molecule is Cc1c(Cl)cccc1N1CCN(C(=O)Nc2ccc(C(F)(F)F)cc2)CC1. The Labute approximate surface area is 160 Å². The van der Waals surface area contributed by atoms with Crippen LogP contribution in [0.5, 0.6) is 0 Å². The van der Waals surface area contributed by atoms with E-state index in [2.05, 4.69) is 10.2 Å². The number of alkyl halides is 3. The van der Waals surface area contributed by atoms with E-state index in [1.165, 1.54) is 12.1 Å². The zero-order valence-corrected chi connectivity index (χ0v) is 15.4. The number of hydrogen-bond acceptors (Lipinski definition) is 2. The second kappa shape index (κ2) is 7.68. The monoisotopic (exact) mass is 397 g/mol. The summed E-state index contributed by atoms with van der Waals surface area (Å²) in [6, 6.07) is 9.84. The number of carbonyl (C=O) groups is 1. The fourth-order valence-corrected chi connectivity index (χ4v) is 3.20. The van der Waals surface area contributed by atoms with Gasteiger partial charge in [0.2, 0.25) is 0 Å². The fraction of sp³-hybridized carbons (Fsp3) is 0.316. The van der Waals surface area contributed by atoms with Crippen molar-refractivity contribution in [2.75, 3.05) is 36.4 Å². The van der Waals surface area contributed by atoms with Crippen LogP contribution in [0.15, 0.2) is 42.5 Å². The van der Waals surface area contributed by atoms with Crippen molar-refractivity contribution in [2.24, 2.45) is 0 Å². The highest BCUT2D eigenvalue weighted by Gasteiger charge is 2.30. The Morgan fingerprint density at radius 2 is 1.67 bits per heavy atom. The van der Waals surface area contributed by atoms with Crippen molar-refractivity contribution in [3.05, 3.63) is 58.6 Å². The standard InChI is InChI=1S/C19H19ClF3N3O/c1-13-16(20)3-2-4-17(13)25-9-11-26(12-10-25)18(27)24-15-7-5-14(6-8-15)19(21,22)23/h2-8H,9-12H2,1H3,(H,24,27). The number of amides is 2. The van der Waals surface area contributed by atoms with E-state index in [4.69, 9.17) is 11.6 Å². The largest absolute Gasteiger partial charge is 0.416 e. The molecule has 1 aliphatic heterocycles. The minimum atomic E-state index is -4.39. The van der Waals surface area contributed by atoms with Crippen molar-refractivity contribution < 1.29 is 18.0 Å². The minimum absolute atomic E-state index is 0.322. The Hall–Kier alpha value is -2.41. The van der Waals surface area contributed by atoms with Gasteiger partial charge in [0.1, 0.15) is 0 Å². The average Bonchev–Trinajstić information content (AvgIpc) is 2.64. The van der Waals surface area contributed by atoms with Gasteiger partial charge < -0.3 is 15.1 Å². The summed E-state index contributed by atoms with van der Waals surface area (Å²) in [4.78, 5) is 16.2. The molecule has 1 heterocycles. The first-order chi connectivity index (χ1) is 12.8. The zero-order chi connectivity index (χ0) is 19.6. The fourth-order valence-electron chi connectivity index (χ4n) is 3.03. The molecule has 0 aliphatic carbocycles. The molecule has 0 atom stereocenters. The van der Waals surface area contributed by atoms with Crippen LogP contribution >= 0.6 is 11.6 Å². The lowest BCUT2D eigenvalue weighted by Gasteiger charge is -2.36. The number of halogens is 4. The zero-order valence-electron chi connectivity index (χ0n) is 14.7. The van der Waals surface area contributed by atoms with Crippen molar-refractivity contribution in [2.45, 2.75) is 13.1 Å². The highest BCUT2D eigenvalue weighted by Crippen LogP contribution is 2.30. The number of rotatable bonds is 2. The molecule has 0 radical (unpaired) electrons. The van der Waals surface area contributed by atoms with Gasteiger partial charge in [-0.15, -0.1) is 0 Å². The second-order valence-corrected chi connectivity index (χ2v) is 6.77. The van der Waals surface area contributed by atoms with Crippen LogP contribution in [-0.4, -0.2) is 37.1 Å². The smallest absolute Gasteiger partial charge is 0.368 e. The number of nitrogens with zero attached hydrogens (tertiary/aromatic N) is 2. The number of piperazine rings is 1. The molecule has 144 valence electrons. The molecule has 4 nitrogen and oxygen atoms in total. The number of nitrogens with one attached hydrogen (secondary N) is 1. The molecule has 3 rings (SSSR count). The third-order valence-corrected chi connectivity index (χ3v) is 5.02. The van der Waals surface area contributed by atoms with Crippen LogP contribution in [0.2, 0.25) is 5.02 Å². The Kier molecular flexibility index (Phi) is 5.51. The van der Waals surface area contributed by atoms with Gasteiger partial charge in [-0.05, 0) is 48.9 Å². The van der Waals surface area contributed by atoms with Crippen molar-refractivity contribution in [1.29, 1.82) is 0 Å². The molecule has 0 aromatic heterocycles. The Morgan fingerprint density at radius 3 is 2.26 bits per heavy atom. The predicted octanol–water partition coefficient (Wildman–Crippen LogP) is 5.02. The van der Waals surface area contributed by atoms with Crippen LogP contribution in [0.1, 0.15) is 11.1 Å². The van der Waals surface area contributed by atoms with E-state index < -0.39 is 11.7 Å². The first-order valence-electron chi connectivity index (χ1n) is 8.49. The van der Waals surface area contributed by atoms with E-state index in [9.17, 15) is 18.0 Å². The van der Waals surface area contributed by atoms with Gasteiger partial charge in [0.05, 0.1) is 5.56 Å². The van der Waals surface area contributed by atoms with Gasteiger partial charge in [-0.1, -0.05) is 17.7 Å². The summed E-state index contributed by atoms with van der Waals surface area (Å²) >= 11 is 6.17. The number of anilines is 2. The summed E-state index contributed by atoms with van der Waals surface area (Å²) in [5, 5.41) is 3.35. The van der Waals surface area contributed by atoms with Crippen LogP contribution < -0.4 is 10.2 Å². The van der Waals surface area contributed by atoms with Crippen LogP contribution in [0.4, 0.5) is 29.3 Å². The Balaban J connectivity index is 1.58. The van der Waals surface area contributed by atoms with Crippen molar-refractivity contribution in [3.63, 3.8) is 0 Å². The third-order valence-electron chi connectivity index (χ3n) is 4.61. The number of carbonyl (C=O) groups excluding carboxylic acids is 1. The molecule has 1 fully saturated rings. The maximum Gasteiger partial charge on any atom is 0.416 e. The lowest BCUT2D eigenvalue weighted by atomic mass is 10.1. The highest BCUT2D eigenvalue weighted by molar-refractivity contribution is 6.31. The quantitative estimate of drug-likeness (QED) is 0.772. The van der Waals surface area contributed by atoms with Gasteiger partial charge in [-0.2, -0.15) is 13.2 Å². The Bertz CT molecular complexity index is 816. The maximum atomic E-state index is 12.6. The second-order valence-electron chi connectivity index (χ2n) is 6.36. The van der Waals surface area contributed by atoms with Crippen LogP contribution in [-0.2, 0) is 6.18 Å². The molecular formula is C19H19ClF3N3O. The van der Waals surface area contributed by atoms with Crippen LogP contribution in [0, 0.1) is 6.92 Å². The van der Waals surface area contributed by atoms with E-state index in [0.717, 1.165) is 23.4 Å². The summed E-state index contributed by atoms with van der Waals surface area (Å²) in [6.07, 6.45) is -4.39. The Morgan fingerprint density at radius 1 is 1.04 bits per heavy atom. The van der Waals surface area contributed by atoms with Gasteiger partial charge in [-0.25, -0.2) is 4.79 Å². The summed E-state index contributed by atoms with van der Waals surface area (Å²) in [7, 11) is 0. The maximum absolute atomic E-state index is 12.6. The number of urea groups is 1. The lowest BCUT2D eigenvalue weighted by molar-refractivity contribution is -0.137. The molecule has 8 heteroatoms. The van der Waals surface area contributed by atoms with E-state index in [1.54, 1.807) is 4.90 Å². The van der Waals surface area contributed by atoms with E-state index in [-0.39, 0.29) is 6.03 Å². The molecule has 1 aliphatic rings. The average molecular weight is 398 g/mol. The van der Waals surface area contributed by atoms with Gasteiger partial charge in [0, 0.05) is 42.6 Å². The topological polar surface area (TPSA) is 35.6 Å². The van der Waals surface area contributed by atoms with Gasteiger partial charge in [-0.3, -0.25) is 0 Å². The summed E-state index contributed by atoms with van der Waals surface area (Å²) in [6.45, 7) is 4.29.